The zero-order valence-corrected chi connectivity index (χ0v) is 11.8. The number of hydrogen-bond donors (Lipinski definition) is 0. The summed E-state index contributed by atoms with van der Waals surface area (Å²) < 4.78 is 11.2. The van der Waals surface area contributed by atoms with Crippen molar-refractivity contribution in [1.29, 1.82) is 0 Å². The molecule has 2 atom stereocenters. The van der Waals surface area contributed by atoms with Crippen molar-refractivity contribution in [3.63, 3.8) is 0 Å². The Balaban J connectivity index is 1.63. The van der Waals surface area contributed by atoms with Crippen LogP contribution in [0.1, 0.15) is 23.5 Å². The minimum atomic E-state index is 0.312. The fourth-order valence-electron chi connectivity index (χ4n) is 2.87. The van der Waals surface area contributed by atoms with Crippen LogP contribution >= 0.6 is 0 Å². The van der Waals surface area contributed by atoms with E-state index >= 15 is 0 Å². The third-order valence-electron chi connectivity index (χ3n) is 3.95. The van der Waals surface area contributed by atoms with Crippen LogP contribution in [0, 0.1) is 0 Å². The molecule has 0 aliphatic carbocycles. The topological polar surface area (TPSA) is 18.5 Å². The van der Waals surface area contributed by atoms with E-state index in [0.717, 1.165) is 25.2 Å². The van der Waals surface area contributed by atoms with Gasteiger partial charge in [-0.1, -0.05) is 42.5 Å². The smallest absolute Gasteiger partial charge is 0.119 e. The highest BCUT2D eigenvalue weighted by Crippen LogP contribution is 2.31. The lowest BCUT2D eigenvalue weighted by atomic mass is 9.94. The molecule has 20 heavy (non-hydrogen) atoms. The second-order valence-electron chi connectivity index (χ2n) is 5.35. The monoisotopic (exact) mass is 268 g/mol. The van der Waals surface area contributed by atoms with E-state index in [1.807, 2.05) is 12.1 Å². The van der Waals surface area contributed by atoms with Crippen molar-refractivity contribution in [3.8, 4) is 5.75 Å². The predicted octanol–water partition coefficient (Wildman–Crippen LogP) is 3.81. The van der Waals surface area contributed by atoms with Crippen LogP contribution < -0.4 is 4.74 Å². The van der Waals surface area contributed by atoms with Crippen LogP contribution in [0.15, 0.2) is 54.6 Å². The van der Waals surface area contributed by atoms with Gasteiger partial charge in [-0.3, -0.25) is 0 Å². The molecule has 2 heteroatoms. The molecule has 2 aromatic rings. The molecule has 0 N–H and O–H groups in total. The van der Waals surface area contributed by atoms with Gasteiger partial charge in [0.25, 0.3) is 0 Å². The lowest BCUT2D eigenvalue weighted by Gasteiger charge is -2.11. The molecular weight excluding hydrogens is 248 g/mol. The van der Waals surface area contributed by atoms with Gasteiger partial charge in [0.15, 0.2) is 0 Å². The first-order valence-corrected chi connectivity index (χ1v) is 7.14. The molecule has 1 saturated heterocycles. The van der Waals surface area contributed by atoms with E-state index in [4.69, 9.17) is 9.47 Å². The molecule has 104 valence electrons. The van der Waals surface area contributed by atoms with Crippen molar-refractivity contribution < 1.29 is 9.47 Å². The Morgan fingerprint density at radius 3 is 2.75 bits per heavy atom. The van der Waals surface area contributed by atoms with E-state index < -0.39 is 0 Å². The van der Waals surface area contributed by atoms with Crippen LogP contribution in [0.25, 0.3) is 0 Å². The molecule has 2 nitrogen and oxygen atoms in total. The van der Waals surface area contributed by atoms with Crippen LogP contribution in [0.3, 0.4) is 0 Å². The standard InChI is InChI=1S/C18H20O2/c1-19-17-9-5-6-14(10-17)11-18-12-16(13-20-18)15-7-3-2-4-8-15/h2-10,16,18H,11-13H2,1H3/t16-,18+/m0/s1. The lowest BCUT2D eigenvalue weighted by Crippen LogP contribution is -2.09. The number of ether oxygens (including phenoxy) is 2. The van der Waals surface area contributed by atoms with E-state index in [1.54, 1.807) is 7.11 Å². The molecule has 2 aromatic carbocycles. The summed E-state index contributed by atoms with van der Waals surface area (Å²) in [6, 6.07) is 18.9. The van der Waals surface area contributed by atoms with Gasteiger partial charge in [-0.15, -0.1) is 0 Å². The van der Waals surface area contributed by atoms with Crippen molar-refractivity contribution >= 4 is 0 Å². The zero-order valence-electron chi connectivity index (χ0n) is 11.8. The first-order valence-electron chi connectivity index (χ1n) is 7.14. The fraction of sp³-hybridized carbons (Fsp3) is 0.333. The first-order chi connectivity index (χ1) is 9.85. The summed E-state index contributed by atoms with van der Waals surface area (Å²) in [4.78, 5) is 0. The van der Waals surface area contributed by atoms with Gasteiger partial charge in [-0.2, -0.15) is 0 Å². The zero-order chi connectivity index (χ0) is 13.8. The highest BCUT2D eigenvalue weighted by molar-refractivity contribution is 5.29. The Morgan fingerprint density at radius 1 is 1.10 bits per heavy atom. The molecule has 1 aliphatic heterocycles. The van der Waals surface area contributed by atoms with Crippen LogP contribution in [0.5, 0.6) is 5.75 Å². The Morgan fingerprint density at radius 2 is 1.95 bits per heavy atom. The van der Waals surface area contributed by atoms with Crippen LogP contribution in [-0.2, 0) is 11.2 Å². The van der Waals surface area contributed by atoms with Crippen LogP contribution in [-0.4, -0.2) is 19.8 Å². The largest absolute Gasteiger partial charge is 0.497 e. The molecule has 3 rings (SSSR count). The summed E-state index contributed by atoms with van der Waals surface area (Å²) in [5.74, 6) is 1.45. The molecule has 0 bridgehead atoms. The SMILES string of the molecule is COc1cccc(C[C@@H]2C[C@H](c3ccccc3)CO2)c1. The maximum atomic E-state index is 5.96. The molecule has 0 saturated carbocycles. The number of hydrogen-bond acceptors (Lipinski definition) is 2. The average Bonchev–Trinajstić information content (AvgIpc) is 2.97. The number of rotatable bonds is 4. The van der Waals surface area contributed by atoms with E-state index in [1.165, 1.54) is 11.1 Å². The van der Waals surface area contributed by atoms with Gasteiger partial charge in [0.1, 0.15) is 5.75 Å². The summed E-state index contributed by atoms with van der Waals surface area (Å²) >= 11 is 0. The van der Waals surface area contributed by atoms with Gasteiger partial charge in [-0.25, -0.2) is 0 Å². The van der Waals surface area contributed by atoms with Crippen LogP contribution in [0.2, 0.25) is 0 Å². The number of methoxy groups -OCH3 is 1. The molecule has 0 radical (unpaired) electrons. The minimum Gasteiger partial charge on any atom is -0.497 e. The van der Waals surface area contributed by atoms with Crippen molar-refractivity contribution in [3.05, 3.63) is 65.7 Å². The maximum absolute atomic E-state index is 5.96. The second-order valence-corrected chi connectivity index (χ2v) is 5.35. The third kappa shape index (κ3) is 3.02. The van der Waals surface area contributed by atoms with Gasteiger partial charge in [0.2, 0.25) is 0 Å². The van der Waals surface area contributed by atoms with E-state index in [9.17, 15) is 0 Å². The fourth-order valence-corrected chi connectivity index (χ4v) is 2.87. The van der Waals surface area contributed by atoms with Crippen molar-refractivity contribution in [2.75, 3.05) is 13.7 Å². The van der Waals surface area contributed by atoms with E-state index in [0.29, 0.717) is 12.0 Å². The molecule has 1 fully saturated rings. The van der Waals surface area contributed by atoms with E-state index in [2.05, 4.69) is 42.5 Å². The average molecular weight is 268 g/mol. The van der Waals surface area contributed by atoms with Crippen molar-refractivity contribution in [2.45, 2.75) is 24.9 Å². The van der Waals surface area contributed by atoms with Gasteiger partial charge in [-0.05, 0) is 36.1 Å². The normalized spacial score (nSPS) is 21.9. The van der Waals surface area contributed by atoms with E-state index in [-0.39, 0.29) is 0 Å². The summed E-state index contributed by atoms with van der Waals surface area (Å²) in [6.07, 6.45) is 2.37. The molecule has 0 amide bonds. The highest BCUT2D eigenvalue weighted by atomic mass is 16.5. The quantitative estimate of drug-likeness (QED) is 0.839. The van der Waals surface area contributed by atoms with Crippen LogP contribution in [0.4, 0.5) is 0 Å². The molecule has 0 aromatic heterocycles. The minimum absolute atomic E-state index is 0.312. The molecular formula is C18H20O2. The lowest BCUT2D eigenvalue weighted by molar-refractivity contribution is 0.110. The summed E-state index contributed by atoms with van der Waals surface area (Å²) in [5, 5.41) is 0. The van der Waals surface area contributed by atoms with Gasteiger partial charge < -0.3 is 9.47 Å². The molecule has 0 spiro atoms. The highest BCUT2D eigenvalue weighted by Gasteiger charge is 2.26. The summed E-state index contributed by atoms with van der Waals surface area (Å²) in [5.41, 5.74) is 2.67. The van der Waals surface area contributed by atoms with Crippen molar-refractivity contribution in [1.82, 2.24) is 0 Å². The predicted molar refractivity (Wildman–Crippen MR) is 80.2 cm³/mol. The molecule has 0 unspecified atom stereocenters. The van der Waals surface area contributed by atoms with Crippen molar-refractivity contribution in [2.24, 2.45) is 0 Å². The Hall–Kier alpha value is -1.80. The first kappa shape index (κ1) is 13.2. The Kier molecular flexibility index (Phi) is 4.03. The third-order valence-corrected chi connectivity index (χ3v) is 3.95. The van der Waals surface area contributed by atoms with Gasteiger partial charge in [0, 0.05) is 5.92 Å². The summed E-state index contributed by atoms with van der Waals surface area (Å²) in [6.45, 7) is 0.832. The second kappa shape index (κ2) is 6.10. The molecule has 1 heterocycles. The summed E-state index contributed by atoms with van der Waals surface area (Å²) in [7, 11) is 1.70. The Labute approximate surface area is 120 Å². The number of benzene rings is 2. The maximum Gasteiger partial charge on any atom is 0.119 e. The van der Waals surface area contributed by atoms with Gasteiger partial charge >= 0.3 is 0 Å². The molecule has 1 aliphatic rings. The Bertz CT molecular complexity index is 550. The van der Waals surface area contributed by atoms with Gasteiger partial charge in [0.05, 0.1) is 19.8 Å².